The largest absolute Gasteiger partial charge is 0.465 e. The van der Waals surface area contributed by atoms with E-state index in [1.807, 2.05) is 6.92 Å². The quantitative estimate of drug-likeness (QED) is 0.739. The molecule has 2 N–H and O–H groups in total. The van der Waals surface area contributed by atoms with Gasteiger partial charge in [-0.15, -0.1) is 11.3 Å². The van der Waals surface area contributed by atoms with Crippen LogP contribution in [0.3, 0.4) is 0 Å². The van der Waals surface area contributed by atoms with E-state index in [-0.39, 0.29) is 10.5 Å². The monoisotopic (exact) mass is 410 g/mol. The number of carbonyl (C=O) groups excluding carboxylic acids is 1. The summed E-state index contributed by atoms with van der Waals surface area (Å²) in [6, 6.07) is 4.31. The van der Waals surface area contributed by atoms with Crippen molar-refractivity contribution in [2.75, 3.05) is 38.2 Å². The number of aromatic nitrogens is 1. The van der Waals surface area contributed by atoms with Crippen molar-refractivity contribution < 1.29 is 17.9 Å². The maximum Gasteiger partial charge on any atom is 0.340 e. The Morgan fingerprint density at radius 3 is 2.56 bits per heavy atom. The lowest BCUT2D eigenvalue weighted by Crippen LogP contribution is -2.46. The van der Waals surface area contributed by atoms with Gasteiger partial charge < -0.3 is 9.64 Å². The fourth-order valence-corrected chi connectivity index (χ4v) is 4.24. The first-order chi connectivity index (χ1) is 12.8. The molecule has 2 heterocycles. The molecule has 0 amide bonds. The van der Waals surface area contributed by atoms with Gasteiger partial charge in [-0.25, -0.2) is 23.3 Å². The summed E-state index contributed by atoms with van der Waals surface area (Å²) in [6.45, 7) is 5.84. The van der Waals surface area contributed by atoms with Gasteiger partial charge in [0.25, 0.3) is 0 Å². The molecular weight excluding hydrogens is 388 g/mol. The number of methoxy groups -OCH3 is 1. The first kappa shape index (κ1) is 19.7. The van der Waals surface area contributed by atoms with Crippen molar-refractivity contribution in [1.82, 2.24) is 9.88 Å². The second kappa shape index (κ2) is 7.93. The number of esters is 1. The highest BCUT2D eigenvalue weighted by Gasteiger charge is 2.24. The molecule has 27 heavy (non-hydrogen) atoms. The van der Waals surface area contributed by atoms with Crippen LogP contribution in [0.4, 0.5) is 5.69 Å². The second-order valence-corrected chi connectivity index (χ2v) is 8.96. The van der Waals surface area contributed by atoms with E-state index in [1.54, 1.807) is 17.4 Å². The Kier molecular flexibility index (Phi) is 5.80. The predicted molar refractivity (Wildman–Crippen MR) is 103 cm³/mol. The number of ether oxygens (including phenoxy) is 1. The predicted octanol–water partition coefficient (Wildman–Crippen LogP) is 1.21. The Balaban J connectivity index is 1.76. The number of nitrogens with two attached hydrogens (primary N) is 1. The van der Waals surface area contributed by atoms with Crippen LogP contribution in [0.25, 0.3) is 0 Å². The van der Waals surface area contributed by atoms with Crippen molar-refractivity contribution in [3.8, 4) is 0 Å². The van der Waals surface area contributed by atoms with E-state index in [9.17, 15) is 13.2 Å². The van der Waals surface area contributed by atoms with Crippen LogP contribution in [-0.4, -0.2) is 57.6 Å². The lowest BCUT2D eigenvalue weighted by Gasteiger charge is -2.36. The Labute approximate surface area is 162 Å². The van der Waals surface area contributed by atoms with Gasteiger partial charge in [-0.3, -0.25) is 4.90 Å². The minimum Gasteiger partial charge on any atom is -0.465 e. The van der Waals surface area contributed by atoms with Gasteiger partial charge in [0.05, 0.1) is 34.0 Å². The van der Waals surface area contributed by atoms with Crippen molar-refractivity contribution in [2.45, 2.75) is 18.4 Å². The zero-order valence-electron chi connectivity index (χ0n) is 15.2. The maximum absolute atomic E-state index is 12.2. The van der Waals surface area contributed by atoms with E-state index in [0.717, 1.165) is 30.3 Å². The van der Waals surface area contributed by atoms with Gasteiger partial charge >= 0.3 is 5.97 Å². The summed E-state index contributed by atoms with van der Waals surface area (Å²) in [6.07, 6.45) is 0. The lowest BCUT2D eigenvalue weighted by molar-refractivity contribution is 0.0601. The number of nitrogens with zero attached hydrogens (tertiary/aromatic N) is 3. The van der Waals surface area contributed by atoms with Crippen LogP contribution in [0, 0.1) is 6.92 Å². The minimum atomic E-state index is -3.90. The van der Waals surface area contributed by atoms with Gasteiger partial charge in [0.15, 0.2) is 0 Å². The SMILES string of the molecule is COC(=O)c1cc(S(N)(=O)=O)ccc1N1CCN(Cc2csc(C)n2)CC1. The number of thiazole rings is 1. The highest BCUT2D eigenvalue weighted by molar-refractivity contribution is 7.89. The molecule has 3 rings (SSSR count). The topological polar surface area (TPSA) is 106 Å². The molecule has 0 bridgehead atoms. The zero-order chi connectivity index (χ0) is 19.6. The smallest absolute Gasteiger partial charge is 0.340 e. The summed E-state index contributed by atoms with van der Waals surface area (Å²) < 4.78 is 28.0. The fourth-order valence-electron chi connectivity index (χ4n) is 3.10. The normalized spacial score (nSPS) is 15.7. The number of benzene rings is 1. The molecule has 0 atom stereocenters. The van der Waals surface area contributed by atoms with E-state index in [2.05, 4.69) is 20.2 Å². The Hall–Kier alpha value is -2.01. The molecule has 1 aromatic heterocycles. The molecule has 0 saturated carbocycles. The standard InChI is InChI=1S/C17H22N4O4S2/c1-12-19-13(11-26-12)10-20-5-7-21(8-6-20)16-4-3-14(27(18,23)24)9-15(16)17(22)25-2/h3-4,9,11H,5-8,10H2,1-2H3,(H2,18,23,24). The molecule has 1 aromatic carbocycles. The third-order valence-electron chi connectivity index (χ3n) is 4.47. The average molecular weight is 411 g/mol. The third kappa shape index (κ3) is 4.64. The number of primary sulfonamides is 1. The molecule has 0 radical (unpaired) electrons. The van der Waals surface area contributed by atoms with Gasteiger partial charge in [-0.2, -0.15) is 0 Å². The number of piperazine rings is 1. The molecule has 1 fully saturated rings. The van der Waals surface area contributed by atoms with Crippen LogP contribution in [0.1, 0.15) is 21.1 Å². The van der Waals surface area contributed by atoms with Gasteiger partial charge in [-0.1, -0.05) is 0 Å². The van der Waals surface area contributed by atoms with Crippen LogP contribution in [-0.2, 0) is 21.3 Å². The number of hydrogen-bond acceptors (Lipinski definition) is 8. The van der Waals surface area contributed by atoms with Crippen molar-refractivity contribution in [3.05, 3.63) is 39.8 Å². The number of hydrogen-bond donors (Lipinski definition) is 1. The van der Waals surface area contributed by atoms with Crippen LogP contribution in [0.5, 0.6) is 0 Å². The molecule has 1 aliphatic heterocycles. The Morgan fingerprint density at radius 1 is 1.30 bits per heavy atom. The molecule has 0 unspecified atom stereocenters. The highest BCUT2D eigenvalue weighted by Crippen LogP contribution is 2.26. The van der Waals surface area contributed by atoms with Crippen molar-refractivity contribution in [1.29, 1.82) is 0 Å². The number of rotatable bonds is 5. The van der Waals surface area contributed by atoms with Crippen molar-refractivity contribution in [2.24, 2.45) is 5.14 Å². The van der Waals surface area contributed by atoms with E-state index in [4.69, 9.17) is 9.88 Å². The highest BCUT2D eigenvalue weighted by atomic mass is 32.2. The van der Waals surface area contributed by atoms with Crippen LogP contribution in [0.15, 0.2) is 28.5 Å². The molecular formula is C17H22N4O4S2. The summed E-state index contributed by atoms with van der Waals surface area (Å²) in [5, 5.41) is 8.31. The van der Waals surface area contributed by atoms with Gasteiger partial charge in [0, 0.05) is 38.1 Å². The van der Waals surface area contributed by atoms with Gasteiger partial charge in [0.2, 0.25) is 10.0 Å². The fraction of sp³-hybridized carbons (Fsp3) is 0.412. The third-order valence-corrected chi connectivity index (χ3v) is 6.20. The summed E-state index contributed by atoms with van der Waals surface area (Å²) >= 11 is 1.64. The molecule has 146 valence electrons. The summed E-state index contributed by atoms with van der Waals surface area (Å²) in [5.74, 6) is -0.587. The minimum absolute atomic E-state index is 0.107. The molecule has 8 nitrogen and oxygen atoms in total. The second-order valence-electron chi connectivity index (χ2n) is 6.34. The number of aryl methyl sites for hydroxylation is 1. The maximum atomic E-state index is 12.2. The Morgan fingerprint density at radius 2 is 2.00 bits per heavy atom. The number of sulfonamides is 1. The Bertz CT molecular complexity index is 934. The molecule has 2 aromatic rings. The molecule has 10 heteroatoms. The molecule has 1 aliphatic rings. The van der Waals surface area contributed by atoms with Crippen molar-refractivity contribution >= 4 is 33.0 Å². The first-order valence-corrected chi connectivity index (χ1v) is 10.8. The number of anilines is 1. The van der Waals surface area contributed by atoms with E-state index >= 15 is 0 Å². The summed E-state index contributed by atoms with van der Waals surface area (Å²) in [4.78, 5) is 20.9. The molecule has 1 saturated heterocycles. The van der Waals surface area contributed by atoms with Gasteiger partial charge in [-0.05, 0) is 25.1 Å². The number of carbonyl (C=O) groups is 1. The summed E-state index contributed by atoms with van der Waals surface area (Å²) in [7, 11) is -2.63. The lowest BCUT2D eigenvalue weighted by atomic mass is 10.1. The molecule has 0 aliphatic carbocycles. The zero-order valence-corrected chi connectivity index (χ0v) is 16.8. The van der Waals surface area contributed by atoms with Gasteiger partial charge in [0.1, 0.15) is 0 Å². The van der Waals surface area contributed by atoms with E-state index in [0.29, 0.717) is 18.8 Å². The first-order valence-electron chi connectivity index (χ1n) is 8.41. The average Bonchev–Trinajstić information content (AvgIpc) is 3.05. The van der Waals surface area contributed by atoms with E-state index < -0.39 is 16.0 Å². The summed E-state index contributed by atoms with van der Waals surface area (Å²) in [5.41, 5.74) is 1.92. The van der Waals surface area contributed by atoms with Crippen LogP contribution in [0.2, 0.25) is 0 Å². The van der Waals surface area contributed by atoms with Crippen molar-refractivity contribution in [3.63, 3.8) is 0 Å². The molecule has 0 spiro atoms. The van der Waals surface area contributed by atoms with E-state index in [1.165, 1.54) is 19.2 Å². The van der Waals surface area contributed by atoms with Crippen LogP contribution < -0.4 is 10.0 Å². The van der Waals surface area contributed by atoms with Crippen LogP contribution >= 0.6 is 11.3 Å².